The Labute approximate surface area is 167 Å². The van der Waals surface area contributed by atoms with E-state index in [2.05, 4.69) is 42.0 Å². The Kier molecular flexibility index (Phi) is 13.4. The van der Waals surface area contributed by atoms with Crippen LogP contribution in [-0.2, 0) is 19.1 Å². The summed E-state index contributed by atoms with van der Waals surface area (Å²) in [6, 6.07) is 0. The highest BCUT2D eigenvalue weighted by molar-refractivity contribution is 5.72. The molecule has 0 atom stereocenters. The van der Waals surface area contributed by atoms with Crippen LogP contribution in [0.4, 0.5) is 0 Å². The monoisotopic (exact) mass is 388 g/mol. The Bertz CT molecular complexity index is 384. The molecule has 0 aliphatic carbocycles. The van der Waals surface area contributed by atoms with Crippen molar-refractivity contribution in [2.24, 2.45) is 0 Å². The van der Waals surface area contributed by atoms with Gasteiger partial charge in [-0.2, -0.15) is 0 Å². The maximum atomic E-state index is 11.8. The molecule has 0 aliphatic heterocycles. The van der Waals surface area contributed by atoms with Gasteiger partial charge in [-0.25, -0.2) is 0 Å². The van der Waals surface area contributed by atoms with Crippen molar-refractivity contribution in [3.63, 3.8) is 0 Å². The van der Waals surface area contributed by atoms with Gasteiger partial charge < -0.3 is 18.4 Å². The molecule has 0 saturated carbocycles. The maximum absolute atomic E-state index is 11.8. The molecule has 27 heavy (non-hydrogen) atoms. The number of unbranched alkanes of at least 4 members (excludes halogenated alkanes) is 2. The number of hydrogen-bond donors (Lipinski definition) is 0. The molecule has 0 amide bonds. The summed E-state index contributed by atoms with van der Waals surface area (Å²) in [6.45, 7) is 9.05. The largest absolute Gasteiger partial charge is 0.460 e. The molecular weight excluding hydrogens is 344 g/mol. The molecule has 0 saturated heterocycles. The van der Waals surface area contributed by atoms with Gasteiger partial charge in [-0.15, -0.1) is 0 Å². The molecule has 0 unspecified atom stereocenters. The lowest BCUT2D eigenvalue weighted by molar-refractivity contribution is -0.890. The summed E-state index contributed by atoms with van der Waals surface area (Å²) in [5.74, 6) is -0.452. The van der Waals surface area contributed by atoms with Crippen LogP contribution in [0.25, 0.3) is 0 Å². The van der Waals surface area contributed by atoms with Gasteiger partial charge in [0.15, 0.2) is 0 Å². The number of likely N-dealkylation sites (N-methyl/N-ethyl adjacent to an activating group) is 2. The number of esters is 2. The third kappa shape index (κ3) is 15.6. The van der Waals surface area contributed by atoms with Crippen LogP contribution in [0, 0.1) is 0 Å². The van der Waals surface area contributed by atoms with Crippen molar-refractivity contribution in [2.75, 3.05) is 67.6 Å². The second-order valence-corrected chi connectivity index (χ2v) is 8.77. The molecule has 0 heterocycles. The highest BCUT2D eigenvalue weighted by atomic mass is 16.5. The summed E-state index contributed by atoms with van der Waals surface area (Å²) in [4.78, 5) is 23.6. The Morgan fingerprint density at radius 2 is 1.00 bits per heavy atom. The highest BCUT2D eigenvalue weighted by Crippen LogP contribution is 2.05. The van der Waals surface area contributed by atoms with Crippen LogP contribution in [0.15, 0.2) is 0 Å². The van der Waals surface area contributed by atoms with Crippen LogP contribution in [0.2, 0.25) is 0 Å². The van der Waals surface area contributed by atoms with Crippen LogP contribution < -0.4 is 0 Å². The highest BCUT2D eigenvalue weighted by Gasteiger charge is 2.16. The third-order valence-electron chi connectivity index (χ3n) is 4.92. The normalized spacial score (nSPS) is 12.1. The number of ether oxygens (including phenoxy) is 2. The average Bonchev–Trinajstić information content (AvgIpc) is 2.58. The van der Waals surface area contributed by atoms with Crippen molar-refractivity contribution in [3.05, 3.63) is 0 Å². The SMILES string of the molecule is CCCC[N+](C)(C)CCOC(=O)CCCC(=O)OCC[N+](C)(C)CCCC. The predicted molar refractivity (Wildman–Crippen MR) is 109 cm³/mol. The van der Waals surface area contributed by atoms with E-state index in [-0.39, 0.29) is 24.8 Å². The molecule has 0 spiro atoms. The Morgan fingerprint density at radius 3 is 1.33 bits per heavy atom. The van der Waals surface area contributed by atoms with Gasteiger partial charge in [-0.1, -0.05) is 26.7 Å². The second-order valence-electron chi connectivity index (χ2n) is 8.77. The van der Waals surface area contributed by atoms with Crippen molar-refractivity contribution in [1.29, 1.82) is 0 Å². The number of rotatable bonds is 16. The Hall–Kier alpha value is -1.14. The summed E-state index contributed by atoms with van der Waals surface area (Å²) >= 11 is 0. The van der Waals surface area contributed by atoms with Crippen LogP contribution in [-0.4, -0.2) is 88.5 Å². The van der Waals surface area contributed by atoms with E-state index in [1.54, 1.807) is 0 Å². The number of nitrogens with zero attached hydrogens (tertiary/aromatic N) is 2. The molecule has 160 valence electrons. The number of carbonyl (C=O) groups excluding carboxylic acids is 2. The molecule has 0 fully saturated rings. The maximum Gasteiger partial charge on any atom is 0.306 e. The topological polar surface area (TPSA) is 52.6 Å². The van der Waals surface area contributed by atoms with Crippen LogP contribution in [0.5, 0.6) is 0 Å². The molecule has 0 radical (unpaired) electrons. The van der Waals surface area contributed by atoms with E-state index in [4.69, 9.17) is 9.47 Å². The van der Waals surface area contributed by atoms with Gasteiger partial charge in [0, 0.05) is 12.8 Å². The fraction of sp³-hybridized carbons (Fsp3) is 0.905. The lowest BCUT2D eigenvalue weighted by atomic mass is 10.2. The average molecular weight is 389 g/mol. The van der Waals surface area contributed by atoms with Gasteiger partial charge in [0.25, 0.3) is 0 Å². The van der Waals surface area contributed by atoms with Crippen molar-refractivity contribution in [1.82, 2.24) is 0 Å². The quantitative estimate of drug-likeness (QED) is 0.301. The van der Waals surface area contributed by atoms with E-state index in [1.807, 2.05) is 0 Å². The fourth-order valence-electron chi connectivity index (χ4n) is 2.73. The smallest absolute Gasteiger partial charge is 0.306 e. The van der Waals surface area contributed by atoms with Gasteiger partial charge in [0.05, 0.1) is 41.3 Å². The molecular formula is C21H44N2O4+2. The minimum Gasteiger partial charge on any atom is -0.460 e. The summed E-state index contributed by atoms with van der Waals surface area (Å²) < 4.78 is 12.3. The number of carbonyl (C=O) groups is 2. The van der Waals surface area contributed by atoms with E-state index < -0.39 is 0 Å². The van der Waals surface area contributed by atoms with Gasteiger partial charge >= 0.3 is 11.9 Å². The van der Waals surface area contributed by atoms with E-state index in [0.717, 1.165) is 35.1 Å². The standard InChI is InChI=1S/C21H44N2O4/c1-7-9-14-22(3,4)16-18-26-20(24)12-11-13-21(25)27-19-17-23(5,6)15-10-8-2/h7-19H2,1-6H3/q+2. The molecule has 0 rings (SSSR count). The molecule has 0 bridgehead atoms. The first-order valence-corrected chi connectivity index (χ1v) is 10.6. The van der Waals surface area contributed by atoms with E-state index in [0.29, 0.717) is 19.6 Å². The van der Waals surface area contributed by atoms with E-state index in [9.17, 15) is 9.59 Å². The minimum atomic E-state index is -0.226. The summed E-state index contributed by atoms with van der Waals surface area (Å²) in [5.41, 5.74) is 0. The van der Waals surface area contributed by atoms with Crippen molar-refractivity contribution < 1.29 is 28.0 Å². The van der Waals surface area contributed by atoms with Crippen LogP contribution in [0.3, 0.4) is 0 Å². The lowest BCUT2D eigenvalue weighted by Gasteiger charge is -2.29. The zero-order valence-corrected chi connectivity index (χ0v) is 18.7. The Balaban J connectivity index is 3.77. The summed E-state index contributed by atoms with van der Waals surface area (Å²) in [5, 5.41) is 0. The molecule has 0 N–H and O–H groups in total. The zero-order valence-electron chi connectivity index (χ0n) is 18.7. The van der Waals surface area contributed by atoms with Gasteiger partial charge in [0.1, 0.15) is 26.3 Å². The number of hydrogen-bond acceptors (Lipinski definition) is 4. The van der Waals surface area contributed by atoms with Crippen molar-refractivity contribution >= 4 is 11.9 Å². The molecule has 0 aromatic heterocycles. The third-order valence-corrected chi connectivity index (χ3v) is 4.92. The molecule has 0 aromatic rings. The predicted octanol–water partition coefficient (Wildman–Crippen LogP) is 3.00. The van der Waals surface area contributed by atoms with Gasteiger partial charge in [-0.05, 0) is 19.3 Å². The first-order valence-electron chi connectivity index (χ1n) is 10.6. The first kappa shape index (κ1) is 25.9. The molecule has 0 aromatic carbocycles. The van der Waals surface area contributed by atoms with Crippen LogP contribution >= 0.6 is 0 Å². The summed E-state index contributed by atoms with van der Waals surface area (Å²) in [6.07, 6.45) is 5.74. The van der Waals surface area contributed by atoms with Crippen LogP contribution in [0.1, 0.15) is 58.8 Å². The van der Waals surface area contributed by atoms with E-state index >= 15 is 0 Å². The molecule has 6 heteroatoms. The van der Waals surface area contributed by atoms with Gasteiger partial charge in [0.2, 0.25) is 0 Å². The number of quaternary nitrogens is 2. The fourth-order valence-corrected chi connectivity index (χ4v) is 2.73. The zero-order chi connectivity index (χ0) is 20.8. The molecule has 0 aliphatic rings. The van der Waals surface area contributed by atoms with Crippen molar-refractivity contribution in [3.8, 4) is 0 Å². The Morgan fingerprint density at radius 1 is 0.630 bits per heavy atom. The van der Waals surface area contributed by atoms with E-state index in [1.165, 1.54) is 25.7 Å². The molecule has 6 nitrogen and oxygen atoms in total. The summed E-state index contributed by atoms with van der Waals surface area (Å²) in [7, 11) is 8.62. The second kappa shape index (κ2) is 13.9. The van der Waals surface area contributed by atoms with Crippen molar-refractivity contribution in [2.45, 2.75) is 58.8 Å². The minimum absolute atomic E-state index is 0.226. The first-order chi connectivity index (χ1) is 12.6. The van der Waals surface area contributed by atoms with Gasteiger partial charge in [-0.3, -0.25) is 9.59 Å². The lowest BCUT2D eigenvalue weighted by Crippen LogP contribution is -2.43.